The van der Waals surface area contributed by atoms with Gasteiger partial charge in [0.05, 0.1) is 23.4 Å². The van der Waals surface area contributed by atoms with Crippen LogP contribution in [0.15, 0.2) is 23.8 Å². The van der Waals surface area contributed by atoms with Crippen LogP contribution in [0.4, 0.5) is 5.69 Å². The van der Waals surface area contributed by atoms with E-state index < -0.39 is 0 Å². The maximum atomic E-state index is 12.2. The van der Waals surface area contributed by atoms with Gasteiger partial charge in [0.1, 0.15) is 0 Å². The lowest BCUT2D eigenvalue weighted by atomic mass is 10.2. The second-order valence-corrected chi connectivity index (χ2v) is 4.90. The third kappa shape index (κ3) is 2.48. The minimum atomic E-state index is -0.180. The van der Waals surface area contributed by atoms with Crippen LogP contribution in [-0.2, 0) is 6.54 Å². The largest absolute Gasteiger partial charge is 0.397 e. The molecule has 2 rings (SSSR count). The van der Waals surface area contributed by atoms with Gasteiger partial charge in [-0.2, -0.15) is 0 Å². The van der Waals surface area contributed by atoms with E-state index >= 15 is 0 Å². The number of hydrogen-bond donors (Lipinski definition) is 1. The normalized spacial score (nSPS) is 10.3. The summed E-state index contributed by atoms with van der Waals surface area (Å²) < 4.78 is 0. The lowest BCUT2D eigenvalue weighted by molar-refractivity contribution is 0.0781. The van der Waals surface area contributed by atoms with Gasteiger partial charge < -0.3 is 10.6 Å². The predicted octanol–water partition coefficient (Wildman–Crippen LogP) is 1.70. The number of thiazole rings is 1. The number of anilines is 1. The van der Waals surface area contributed by atoms with E-state index in [1.54, 1.807) is 35.8 Å². The molecule has 2 heterocycles. The van der Waals surface area contributed by atoms with Crippen LogP contribution in [0, 0.1) is 6.92 Å². The molecule has 0 saturated heterocycles. The van der Waals surface area contributed by atoms with Crippen molar-refractivity contribution in [2.45, 2.75) is 13.5 Å². The predicted molar refractivity (Wildman–Crippen MR) is 71.3 cm³/mol. The third-order valence-electron chi connectivity index (χ3n) is 2.61. The summed E-state index contributed by atoms with van der Waals surface area (Å²) in [6.45, 7) is 2.45. The molecule has 2 N–H and O–H groups in total. The summed E-state index contributed by atoms with van der Waals surface area (Å²) in [4.78, 5) is 23.0. The maximum absolute atomic E-state index is 12.2. The van der Waals surface area contributed by atoms with Crippen molar-refractivity contribution in [1.82, 2.24) is 14.9 Å². The number of nitrogens with zero attached hydrogens (tertiary/aromatic N) is 3. The van der Waals surface area contributed by atoms with Crippen LogP contribution in [-0.4, -0.2) is 27.8 Å². The zero-order valence-corrected chi connectivity index (χ0v) is 11.1. The van der Waals surface area contributed by atoms with E-state index in [0.29, 0.717) is 17.9 Å². The summed E-state index contributed by atoms with van der Waals surface area (Å²) in [5.41, 5.74) is 9.16. The Labute approximate surface area is 109 Å². The van der Waals surface area contributed by atoms with Crippen LogP contribution in [0.5, 0.6) is 0 Å². The second-order valence-electron chi connectivity index (χ2n) is 3.96. The van der Waals surface area contributed by atoms with E-state index in [1.165, 1.54) is 11.3 Å². The highest BCUT2D eigenvalue weighted by Crippen LogP contribution is 2.16. The van der Waals surface area contributed by atoms with Gasteiger partial charge in [0.15, 0.2) is 5.69 Å². The Balaban J connectivity index is 2.15. The van der Waals surface area contributed by atoms with Gasteiger partial charge in [0, 0.05) is 18.1 Å². The molecule has 0 fully saturated rings. The van der Waals surface area contributed by atoms with Crippen LogP contribution in [0.1, 0.15) is 21.1 Å². The first kappa shape index (κ1) is 12.5. The van der Waals surface area contributed by atoms with E-state index in [4.69, 9.17) is 5.73 Å². The van der Waals surface area contributed by atoms with Crippen LogP contribution in [0.2, 0.25) is 0 Å². The zero-order chi connectivity index (χ0) is 13.1. The average molecular weight is 262 g/mol. The Morgan fingerprint density at radius 1 is 1.50 bits per heavy atom. The molecule has 0 spiro atoms. The molecule has 0 unspecified atom stereocenters. The van der Waals surface area contributed by atoms with Crippen LogP contribution >= 0.6 is 11.3 Å². The van der Waals surface area contributed by atoms with E-state index in [0.717, 1.165) is 10.6 Å². The number of amides is 1. The van der Waals surface area contributed by atoms with Gasteiger partial charge in [-0.25, -0.2) is 9.97 Å². The fraction of sp³-hybridized carbons (Fsp3) is 0.250. The highest BCUT2D eigenvalue weighted by molar-refractivity contribution is 7.09. The Morgan fingerprint density at radius 2 is 2.28 bits per heavy atom. The first-order valence-electron chi connectivity index (χ1n) is 5.44. The third-order valence-corrected chi connectivity index (χ3v) is 3.53. The quantitative estimate of drug-likeness (QED) is 0.913. The van der Waals surface area contributed by atoms with Crippen molar-refractivity contribution in [2.75, 3.05) is 12.8 Å². The van der Waals surface area contributed by atoms with Crippen LogP contribution in [0.25, 0.3) is 0 Å². The number of nitrogens with two attached hydrogens (primary N) is 1. The number of carbonyl (C=O) groups excluding carboxylic acids is 1. The summed E-state index contributed by atoms with van der Waals surface area (Å²) >= 11 is 1.54. The Morgan fingerprint density at radius 3 is 2.89 bits per heavy atom. The minimum absolute atomic E-state index is 0.180. The first-order valence-corrected chi connectivity index (χ1v) is 6.32. The van der Waals surface area contributed by atoms with Gasteiger partial charge in [-0.05, 0) is 19.1 Å². The Hall–Kier alpha value is -1.95. The SMILES string of the molecule is Cc1ncsc1CN(C)C(=O)c1ncccc1N. The number of carbonyl (C=O) groups is 1. The van der Waals surface area contributed by atoms with Crippen molar-refractivity contribution in [3.63, 3.8) is 0 Å². The van der Waals surface area contributed by atoms with Crippen molar-refractivity contribution < 1.29 is 4.79 Å². The number of aromatic nitrogens is 2. The molecule has 0 saturated carbocycles. The van der Waals surface area contributed by atoms with Gasteiger partial charge in [-0.15, -0.1) is 11.3 Å². The molecule has 0 aliphatic rings. The minimum Gasteiger partial charge on any atom is -0.397 e. The van der Waals surface area contributed by atoms with Crippen molar-refractivity contribution >= 4 is 22.9 Å². The van der Waals surface area contributed by atoms with Gasteiger partial charge in [-0.1, -0.05) is 0 Å². The van der Waals surface area contributed by atoms with Gasteiger partial charge in [0.2, 0.25) is 0 Å². The van der Waals surface area contributed by atoms with E-state index in [-0.39, 0.29) is 5.91 Å². The number of rotatable bonds is 3. The van der Waals surface area contributed by atoms with E-state index in [9.17, 15) is 4.79 Å². The fourth-order valence-corrected chi connectivity index (χ4v) is 2.37. The van der Waals surface area contributed by atoms with E-state index in [1.807, 2.05) is 6.92 Å². The summed E-state index contributed by atoms with van der Waals surface area (Å²) in [6.07, 6.45) is 1.56. The van der Waals surface area contributed by atoms with Crippen molar-refractivity contribution in [3.8, 4) is 0 Å². The summed E-state index contributed by atoms with van der Waals surface area (Å²) in [7, 11) is 1.73. The van der Waals surface area contributed by atoms with Gasteiger partial charge in [0.25, 0.3) is 5.91 Å². The first-order chi connectivity index (χ1) is 8.59. The zero-order valence-electron chi connectivity index (χ0n) is 10.3. The van der Waals surface area contributed by atoms with E-state index in [2.05, 4.69) is 9.97 Å². The molecule has 0 bridgehead atoms. The fourth-order valence-electron chi connectivity index (χ4n) is 1.54. The molecule has 1 amide bonds. The molecule has 94 valence electrons. The summed E-state index contributed by atoms with van der Waals surface area (Å²) in [6, 6.07) is 3.38. The number of pyridine rings is 1. The smallest absolute Gasteiger partial charge is 0.274 e. The molecule has 5 nitrogen and oxygen atoms in total. The number of aryl methyl sites for hydroxylation is 1. The Bertz CT molecular complexity index is 567. The molecular weight excluding hydrogens is 248 g/mol. The molecule has 2 aromatic heterocycles. The lowest BCUT2D eigenvalue weighted by Gasteiger charge is -2.16. The van der Waals surface area contributed by atoms with Gasteiger partial charge >= 0.3 is 0 Å². The molecule has 18 heavy (non-hydrogen) atoms. The summed E-state index contributed by atoms with van der Waals surface area (Å²) in [5, 5.41) is 0. The van der Waals surface area contributed by atoms with Crippen LogP contribution < -0.4 is 5.73 Å². The standard InChI is InChI=1S/C12H14N4OS/c1-8-10(18-7-15-8)6-16(2)12(17)11-9(13)4-3-5-14-11/h3-5,7H,6,13H2,1-2H3. The van der Waals surface area contributed by atoms with Crippen LogP contribution in [0.3, 0.4) is 0 Å². The number of nitrogen functional groups attached to an aromatic ring is 1. The molecule has 0 aromatic carbocycles. The second kappa shape index (κ2) is 5.14. The molecule has 0 aliphatic carbocycles. The lowest BCUT2D eigenvalue weighted by Crippen LogP contribution is -2.27. The van der Waals surface area contributed by atoms with Crippen molar-refractivity contribution in [1.29, 1.82) is 0 Å². The molecule has 0 radical (unpaired) electrons. The maximum Gasteiger partial charge on any atom is 0.274 e. The summed E-state index contributed by atoms with van der Waals surface area (Å²) in [5.74, 6) is -0.180. The Kier molecular flexibility index (Phi) is 3.57. The van der Waals surface area contributed by atoms with Crippen molar-refractivity contribution in [2.24, 2.45) is 0 Å². The molecule has 2 aromatic rings. The average Bonchev–Trinajstić information content (AvgIpc) is 2.75. The van der Waals surface area contributed by atoms with Crippen molar-refractivity contribution in [3.05, 3.63) is 40.1 Å². The molecule has 0 atom stereocenters. The highest BCUT2D eigenvalue weighted by atomic mass is 32.1. The highest BCUT2D eigenvalue weighted by Gasteiger charge is 2.17. The monoisotopic (exact) mass is 262 g/mol. The van der Waals surface area contributed by atoms with Gasteiger partial charge in [-0.3, -0.25) is 4.79 Å². The molecule has 0 aliphatic heterocycles. The molecular formula is C12H14N4OS. The topological polar surface area (TPSA) is 72.1 Å². The molecule has 6 heteroatoms. The number of hydrogen-bond acceptors (Lipinski definition) is 5.